The summed E-state index contributed by atoms with van der Waals surface area (Å²) >= 11 is 11.8. The van der Waals surface area contributed by atoms with Crippen molar-refractivity contribution < 1.29 is 9.90 Å². The Labute approximate surface area is 121 Å². The summed E-state index contributed by atoms with van der Waals surface area (Å²) in [5.41, 5.74) is 0.706. The molecule has 0 unspecified atom stereocenters. The zero-order valence-corrected chi connectivity index (χ0v) is 11.7. The molecule has 19 heavy (non-hydrogen) atoms. The molecule has 2 fully saturated rings. The van der Waals surface area contributed by atoms with Gasteiger partial charge in [-0.25, -0.2) is 0 Å². The highest BCUT2D eigenvalue weighted by atomic mass is 35.5. The molecule has 0 saturated carbocycles. The van der Waals surface area contributed by atoms with Gasteiger partial charge < -0.3 is 15.3 Å². The van der Waals surface area contributed by atoms with Crippen molar-refractivity contribution in [2.75, 3.05) is 19.6 Å². The molecule has 0 radical (unpaired) electrons. The Morgan fingerprint density at radius 1 is 1.26 bits per heavy atom. The smallest absolute Gasteiger partial charge is 0.223 e. The molecule has 3 rings (SSSR count). The Morgan fingerprint density at radius 2 is 1.95 bits per heavy atom. The summed E-state index contributed by atoms with van der Waals surface area (Å²) < 4.78 is 0. The van der Waals surface area contributed by atoms with E-state index in [4.69, 9.17) is 23.2 Å². The zero-order valence-electron chi connectivity index (χ0n) is 10.2. The van der Waals surface area contributed by atoms with Crippen molar-refractivity contribution in [1.29, 1.82) is 0 Å². The second-order valence-electron chi connectivity index (χ2n) is 5.08. The van der Waals surface area contributed by atoms with Gasteiger partial charge in [-0.15, -0.1) is 0 Å². The number of hydrogen-bond acceptors (Lipinski definition) is 3. The van der Waals surface area contributed by atoms with Gasteiger partial charge in [-0.3, -0.25) is 4.79 Å². The summed E-state index contributed by atoms with van der Waals surface area (Å²) in [4.78, 5) is 13.9. The Bertz CT molecular complexity index is 532. The van der Waals surface area contributed by atoms with Gasteiger partial charge >= 0.3 is 0 Å². The Balaban J connectivity index is 1.84. The zero-order chi connectivity index (χ0) is 13.6. The van der Waals surface area contributed by atoms with Gasteiger partial charge in [0, 0.05) is 43.6 Å². The van der Waals surface area contributed by atoms with E-state index in [1.54, 1.807) is 6.07 Å². The summed E-state index contributed by atoms with van der Waals surface area (Å²) in [7, 11) is 0. The van der Waals surface area contributed by atoms with Gasteiger partial charge in [0.05, 0.1) is 16.1 Å². The lowest BCUT2D eigenvalue weighted by molar-refractivity contribution is -0.130. The normalized spacial score (nSPS) is 23.8. The first-order chi connectivity index (χ1) is 9.06. The molecule has 2 heterocycles. The first kappa shape index (κ1) is 13.0. The summed E-state index contributed by atoms with van der Waals surface area (Å²) in [6.07, 6.45) is 0.419. The number of carbonyl (C=O) groups is 1. The lowest BCUT2D eigenvalue weighted by Crippen LogP contribution is -2.57. The summed E-state index contributed by atoms with van der Waals surface area (Å²) in [5.74, 6) is 0.241. The highest BCUT2D eigenvalue weighted by Crippen LogP contribution is 2.38. The van der Waals surface area contributed by atoms with Crippen molar-refractivity contribution in [3.05, 3.63) is 27.7 Å². The molecular formula is C13H14Cl2N2O2. The highest BCUT2D eigenvalue weighted by Gasteiger charge is 2.38. The van der Waals surface area contributed by atoms with Crippen LogP contribution in [-0.2, 0) is 4.79 Å². The van der Waals surface area contributed by atoms with Crippen molar-refractivity contribution >= 4 is 29.1 Å². The second-order valence-corrected chi connectivity index (χ2v) is 5.90. The molecule has 2 aliphatic rings. The number of rotatable bonds is 2. The number of carbonyl (C=O) groups excluding carboxylic acids is 1. The first-order valence-electron chi connectivity index (χ1n) is 6.24. The maximum absolute atomic E-state index is 12.0. The average Bonchev–Trinajstić information content (AvgIpc) is 2.64. The molecule has 1 aromatic rings. The van der Waals surface area contributed by atoms with E-state index in [2.05, 4.69) is 5.32 Å². The Hall–Kier alpha value is -0.970. The molecule has 0 aromatic heterocycles. The molecule has 1 amide bonds. The number of hydrogen-bond donors (Lipinski definition) is 2. The van der Waals surface area contributed by atoms with Crippen LogP contribution in [0, 0.1) is 0 Å². The number of nitrogens with zero attached hydrogens (tertiary/aromatic N) is 1. The fourth-order valence-corrected chi connectivity index (χ4v) is 3.00. The molecule has 2 N–H and O–H groups in total. The summed E-state index contributed by atoms with van der Waals surface area (Å²) in [5, 5.41) is 13.9. The number of aromatic hydroxyl groups is 1. The minimum absolute atomic E-state index is 0.0112. The van der Waals surface area contributed by atoms with E-state index in [9.17, 15) is 9.90 Å². The number of phenolic OH excluding ortho intramolecular Hbond substituents is 1. The van der Waals surface area contributed by atoms with Crippen LogP contribution in [0.1, 0.15) is 17.9 Å². The largest absolute Gasteiger partial charge is 0.508 e. The molecule has 1 atom stereocenters. The van der Waals surface area contributed by atoms with Crippen molar-refractivity contribution in [2.24, 2.45) is 0 Å². The van der Waals surface area contributed by atoms with Crippen molar-refractivity contribution in [2.45, 2.75) is 18.4 Å². The molecule has 2 saturated heterocycles. The van der Waals surface area contributed by atoms with E-state index in [0.717, 1.165) is 13.1 Å². The van der Waals surface area contributed by atoms with Crippen molar-refractivity contribution in [1.82, 2.24) is 10.2 Å². The Morgan fingerprint density at radius 3 is 2.58 bits per heavy atom. The van der Waals surface area contributed by atoms with E-state index in [1.165, 1.54) is 6.07 Å². The van der Waals surface area contributed by atoms with Crippen LogP contribution >= 0.6 is 23.2 Å². The van der Waals surface area contributed by atoms with Gasteiger partial charge in [0.15, 0.2) is 0 Å². The number of nitrogens with one attached hydrogen (secondary N) is 1. The number of halogens is 2. The predicted octanol–water partition coefficient (Wildman–Crippen LogP) is 1.99. The molecule has 0 bridgehead atoms. The van der Waals surface area contributed by atoms with Gasteiger partial charge in [0.25, 0.3) is 0 Å². The van der Waals surface area contributed by atoms with Crippen LogP contribution in [0.4, 0.5) is 0 Å². The third kappa shape index (κ3) is 2.29. The maximum Gasteiger partial charge on any atom is 0.223 e. The SMILES string of the molecule is O=C1C[C@@H](c2cc(Cl)c(Cl)cc2O)CN1C1CNC1. The summed E-state index contributed by atoms with van der Waals surface area (Å²) in [6.45, 7) is 2.34. The van der Waals surface area contributed by atoms with E-state index in [0.29, 0.717) is 34.6 Å². The van der Waals surface area contributed by atoms with E-state index in [1.807, 2.05) is 4.90 Å². The van der Waals surface area contributed by atoms with Crippen LogP contribution < -0.4 is 5.32 Å². The molecule has 102 valence electrons. The van der Waals surface area contributed by atoms with Crippen LogP contribution in [0.3, 0.4) is 0 Å². The fourth-order valence-electron chi connectivity index (χ4n) is 2.67. The molecule has 0 spiro atoms. The van der Waals surface area contributed by atoms with Crippen molar-refractivity contribution in [3.8, 4) is 5.75 Å². The first-order valence-corrected chi connectivity index (χ1v) is 7.00. The minimum Gasteiger partial charge on any atom is -0.508 e. The van der Waals surface area contributed by atoms with Gasteiger partial charge in [0.2, 0.25) is 5.91 Å². The fraction of sp³-hybridized carbons (Fsp3) is 0.462. The third-order valence-electron chi connectivity index (χ3n) is 3.87. The van der Waals surface area contributed by atoms with Gasteiger partial charge in [-0.2, -0.15) is 0 Å². The van der Waals surface area contributed by atoms with E-state index >= 15 is 0 Å². The lowest BCUT2D eigenvalue weighted by Gasteiger charge is -2.35. The standard InChI is InChI=1S/C13H14Cl2N2O2/c14-10-2-9(12(18)3-11(10)15)7-1-13(19)17(6-7)8-4-16-5-8/h2-3,7-8,16,18H,1,4-6H2/t7-/m1/s1. The van der Waals surface area contributed by atoms with Crippen LogP contribution in [0.5, 0.6) is 5.75 Å². The summed E-state index contributed by atoms with van der Waals surface area (Å²) in [6, 6.07) is 3.40. The molecule has 2 aliphatic heterocycles. The van der Waals surface area contributed by atoms with Crippen molar-refractivity contribution in [3.63, 3.8) is 0 Å². The van der Waals surface area contributed by atoms with Crippen LogP contribution in [-0.4, -0.2) is 41.6 Å². The molecule has 6 heteroatoms. The molecular weight excluding hydrogens is 287 g/mol. The number of benzene rings is 1. The quantitative estimate of drug-likeness (QED) is 0.878. The third-order valence-corrected chi connectivity index (χ3v) is 4.59. The van der Waals surface area contributed by atoms with Crippen LogP contribution in [0.25, 0.3) is 0 Å². The topological polar surface area (TPSA) is 52.6 Å². The monoisotopic (exact) mass is 300 g/mol. The number of likely N-dealkylation sites (tertiary alicyclic amines) is 1. The predicted molar refractivity (Wildman–Crippen MR) is 73.9 cm³/mol. The van der Waals surface area contributed by atoms with E-state index in [-0.39, 0.29) is 17.6 Å². The second kappa shape index (κ2) is 4.85. The number of amides is 1. The Kier molecular flexibility index (Phi) is 3.33. The molecule has 4 nitrogen and oxygen atoms in total. The number of phenols is 1. The highest BCUT2D eigenvalue weighted by molar-refractivity contribution is 6.42. The van der Waals surface area contributed by atoms with E-state index < -0.39 is 0 Å². The lowest BCUT2D eigenvalue weighted by atomic mass is 9.97. The molecule has 1 aromatic carbocycles. The average molecular weight is 301 g/mol. The van der Waals surface area contributed by atoms with Gasteiger partial charge in [-0.05, 0) is 6.07 Å². The van der Waals surface area contributed by atoms with Crippen LogP contribution in [0.2, 0.25) is 10.0 Å². The van der Waals surface area contributed by atoms with Crippen LogP contribution in [0.15, 0.2) is 12.1 Å². The molecule has 0 aliphatic carbocycles. The maximum atomic E-state index is 12.0. The van der Waals surface area contributed by atoms with Gasteiger partial charge in [-0.1, -0.05) is 23.2 Å². The minimum atomic E-state index is -0.0112. The van der Waals surface area contributed by atoms with Gasteiger partial charge in [0.1, 0.15) is 5.75 Å².